The number of benzene rings is 1. The molecule has 124 valence electrons. The second kappa shape index (κ2) is 9.27. The quantitative estimate of drug-likeness (QED) is 0.536. The van der Waals surface area contributed by atoms with Crippen molar-refractivity contribution in [3.05, 3.63) is 23.8 Å². The normalized spacial score (nSPS) is 12.2. The molecule has 0 saturated carbocycles. The molecular weight excluding hydrogens is 282 g/mol. The van der Waals surface area contributed by atoms with Gasteiger partial charge in [-0.05, 0) is 32.1 Å². The van der Waals surface area contributed by atoms with Crippen LogP contribution in [0.4, 0.5) is 5.69 Å². The third-order valence-corrected chi connectivity index (χ3v) is 3.48. The summed E-state index contributed by atoms with van der Waals surface area (Å²) in [7, 11) is 1.54. The molecule has 0 bridgehead atoms. The number of ether oxygens (including phenoxy) is 2. The number of nitrogens with one attached hydrogen (secondary N) is 1. The average molecular weight is 309 g/mol. The number of hydrogen-bond donors (Lipinski definition) is 2. The molecule has 0 aromatic heterocycles. The van der Waals surface area contributed by atoms with Gasteiger partial charge in [-0.3, -0.25) is 4.79 Å². The molecule has 0 radical (unpaired) electrons. The van der Waals surface area contributed by atoms with Crippen molar-refractivity contribution >= 4 is 11.6 Å². The number of methoxy groups -OCH3 is 1. The molecule has 0 spiro atoms. The third-order valence-electron chi connectivity index (χ3n) is 3.48. The lowest BCUT2D eigenvalue weighted by atomic mass is 10.1. The maximum atomic E-state index is 12.3. The Hall–Kier alpha value is -1.79. The molecule has 1 amide bonds. The predicted molar refractivity (Wildman–Crippen MR) is 88.1 cm³/mol. The van der Waals surface area contributed by atoms with E-state index in [0.717, 1.165) is 19.6 Å². The van der Waals surface area contributed by atoms with Crippen molar-refractivity contribution < 1.29 is 14.3 Å². The van der Waals surface area contributed by atoms with E-state index in [-0.39, 0.29) is 5.91 Å². The van der Waals surface area contributed by atoms with Gasteiger partial charge in [0.1, 0.15) is 5.75 Å². The van der Waals surface area contributed by atoms with Gasteiger partial charge in [0.2, 0.25) is 0 Å². The highest BCUT2D eigenvalue weighted by atomic mass is 16.7. The summed E-state index contributed by atoms with van der Waals surface area (Å²) in [6.45, 7) is 9.29. The zero-order valence-electron chi connectivity index (χ0n) is 13.9. The van der Waals surface area contributed by atoms with Crippen molar-refractivity contribution in [3.8, 4) is 5.75 Å². The molecule has 1 unspecified atom stereocenters. The van der Waals surface area contributed by atoms with Gasteiger partial charge in [0.15, 0.2) is 6.29 Å². The maximum Gasteiger partial charge on any atom is 0.255 e. The van der Waals surface area contributed by atoms with E-state index in [1.165, 1.54) is 0 Å². The van der Waals surface area contributed by atoms with Gasteiger partial charge in [-0.15, -0.1) is 0 Å². The number of hydrogen-bond acceptors (Lipinski definition) is 5. The Balaban J connectivity index is 2.71. The fourth-order valence-electron chi connectivity index (χ4n) is 2.01. The second-order valence-electron chi connectivity index (χ2n) is 4.96. The molecule has 6 nitrogen and oxygen atoms in total. The predicted octanol–water partition coefficient (Wildman–Crippen LogP) is 1.71. The molecule has 1 rings (SSSR count). The van der Waals surface area contributed by atoms with Crippen molar-refractivity contribution in [2.75, 3.05) is 39.0 Å². The highest BCUT2D eigenvalue weighted by molar-refractivity contribution is 5.97. The van der Waals surface area contributed by atoms with Crippen LogP contribution in [0.25, 0.3) is 0 Å². The molecule has 0 saturated heterocycles. The Morgan fingerprint density at radius 3 is 2.64 bits per heavy atom. The number of likely N-dealkylation sites (N-methyl/N-ethyl adjacent to an activating group) is 1. The summed E-state index contributed by atoms with van der Waals surface area (Å²) < 4.78 is 10.7. The lowest BCUT2D eigenvalue weighted by molar-refractivity contribution is -0.0385. The number of nitrogen functional groups attached to an aromatic ring is 1. The Kier molecular flexibility index (Phi) is 7.70. The molecule has 0 aliphatic heterocycles. The summed E-state index contributed by atoms with van der Waals surface area (Å²) in [5.41, 5.74) is 6.76. The molecule has 0 aliphatic rings. The Morgan fingerprint density at radius 1 is 1.36 bits per heavy atom. The van der Waals surface area contributed by atoms with E-state index in [9.17, 15) is 4.79 Å². The van der Waals surface area contributed by atoms with Crippen LogP contribution in [-0.2, 0) is 4.74 Å². The monoisotopic (exact) mass is 309 g/mol. The number of nitrogens with two attached hydrogens (primary N) is 1. The van der Waals surface area contributed by atoms with E-state index in [0.29, 0.717) is 23.5 Å². The van der Waals surface area contributed by atoms with Gasteiger partial charge < -0.3 is 25.4 Å². The van der Waals surface area contributed by atoms with Crippen LogP contribution in [0.1, 0.15) is 31.1 Å². The van der Waals surface area contributed by atoms with Crippen molar-refractivity contribution in [2.24, 2.45) is 0 Å². The average Bonchev–Trinajstić information content (AvgIpc) is 2.51. The minimum Gasteiger partial charge on any atom is -0.464 e. The molecule has 0 aliphatic carbocycles. The van der Waals surface area contributed by atoms with Crippen LogP contribution in [0.2, 0.25) is 0 Å². The van der Waals surface area contributed by atoms with E-state index in [2.05, 4.69) is 24.1 Å². The van der Waals surface area contributed by atoms with E-state index in [4.69, 9.17) is 15.2 Å². The summed E-state index contributed by atoms with van der Waals surface area (Å²) in [5.74, 6) is 0.250. The van der Waals surface area contributed by atoms with E-state index >= 15 is 0 Å². The standard InChI is InChI=1S/C16H27N3O3/c1-5-19(6-2)10-9-18-16(20)14-8-7-13(17)11-15(14)22-12(3)21-4/h7-8,11-12H,5-6,9-10,17H2,1-4H3,(H,18,20). The molecule has 1 atom stereocenters. The molecule has 3 N–H and O–H groups in total. The second-order valence-corrected chi connectivity index (χ2v) is 4.96. The largest absolute Gasteiger partial charge is 0.464 e. The number of carbonyl (C=O) groups is 1. The first-order chi connectivity index (χ1) is 10.5. The number of rotatable bonds is 9. The van der Waals surface area contributed by atoms with Gasteiger partial charge in [0, 0.05) is 32.0 Å². The molecule has 0 fully saturated rings. The van der Waals surface area contributed by atoms with Gasteiger partial charge in [0.25, 0.3) is 5.91 Å². The number of anilines is 1. The SMILES string of the molecule is CCN(CC)CCNC(=O)c1ccc(N)cc1OC(C)OC. The highest BCUT2D eigenvalue weighted by Crippen LogP contribution is 2.23. The van der Waals surface area contributed by atoms with Crippen LogP contribution >= 0.6 is 0 Å². The van der Waals surface area contributed by atoms with Crippen molar-refractivity contribution in [2.45, 2.75) is 27.1 Å². The van der Waals surface area contributed by atoms with Crippen LogP contribution in [-0.4, -0.2) is 50.4 Å². The molecule has 0 heterocycles. The Morgan fingerprint density at radius 2 is 2.05 bits per heavy atom. The topological polar surface area (TPSA) is 76.8 Å². The van der Waals surface area contributed by atoms with Gasteiger partial charge in [-0.25, -0.2) is 0 Å². The van der Waals surface area contributed by atoms with Crippen molar-refractivity contribution in [1.82, 2.24) is 10.2 Å². The molecule has 1 aromatic carbocycles. The molecule has 1 aromatic rings. The van der Waals surface area contributed by atoms with Crippen LogP contribution in [0.15, 0.2) is 18.2 Å². The third kappa shape index (κ3) is 5.54. The van der Waals surface area contributed by atoms with Crippen LogP contribution in [0.3, 0.4) is 0 Å². The lowest BCUT2D eigenvalue weighted by Gasteiger charge is -2.19. The van der Waals surface area contributed by atoms with E-state index < -0.39 is 6.29 Å². The minimum atomic E-state index is -0.455. The van der Waals surface area contributed by atoms with E-state index in [1.54, 1.807) is 32.2 Å². The Labute approximate surface area is 132 Å². The van der Waals surface area contributed by atoms with Crippen molar-refractivity contribution in [1.29, 1.82) is 0 Å². The summed E-state index contributed by atoms with van der Waals surface area (Å²) in [6, 6.07) is 4.98. The van der Waals surface area contributed by atoms with Crippen LogP contribution < -0.4 is 15.8 Å². The fourth-order valence-corrected chi connectivity index (χ4v) is 2.01. The van der Waals surface area contributed by atoms with Crippen LogP contribution in [0.5, 0.6) is 5.75 Å². The van der Waals surface area contributed by atoms with Gasteiger partial charge in [-0.2, -0.15) is 0 Å². The van der Waals surface area contributed by atoms with Crippen molar-refractivity contribution in [3.63, 3.8) is 0 Å². The lowest BCUT2D eigenvalue weighted by Crippen LogP contribution is -2.35. The maximum absolute atomic E-state index is 12.3. The summed E-state index contributed by atoms with van der Waals surface area (Å²) >= 11 is 0. The first-order valence-corrected chi connectivity index (χ1v) is 7.61. The van der Waals surface area contributed by atoms with E-state index in [1.807, 2.05) is 0 Å². The number of carbonyl (C=O) groups excluding carboxylic acids is 1. The smallest absolute Gasteiger partial charge is 0.255 e. The van der Waals surface area contributed by atoms with Gasteiger partial charge >= 0.3 is 0 Å². The zero-order chi connectivity index (χ0) is 16.5. The highest BCUT2D eigenvalue weighted by Gasteiger charge is 2.15. The molecule has 22 heavy (non-hydrogen) atoms. The van der Waals surface area contributed by atoms with Gasteiger partial charge in [-0.1, -0.05) is 13.8 Å². The number of nitrogens with zero attached hydrogens (tertiary/aromatic N) is 1. The first kappa shape index (κ1) is 18.3. The summed E-state index contributed by atoms with van der Waals surface area (Å²) in [6.07, 6.45) is -0.455. The minimum absolute atomic E-state index is 0.176. The van der Waals surface area contributed by atoms with Crippen LogP contribution in [0, 0.1) is 0 Å². The fraction of sp³-hybridized carbons (Fsp3) is 0.562. The first-order valence-electron chi connectivity index (χ1n) is 7.61. The zero-order valence-corrected chi connectivity index (χ0v) is 13.9. The molecule has 6 heteroatoms. The Bertz CT molecular complexity index is 476. The van der Waals surface area contributed by atoms with Gasteiger partial charge in [0.05, 0.1) is 5.56 Å². The molecular formula is C16H27N3O3. The summed E-state index contributed by atoms with van der Waals surface area (Å²) in [5, 5.41) is 2.91. The summed E-state index contributed by atoms with van der Waals surface area (Å²) in [4.78, 5) is 14.6. The number of amides is 1.